The van der Waals surface area contributed by atoms with Crippen LogP contribution in [0.2, 0.25) is 0 Å². The first-order valence-electron chi connectivity index (χ1n) is 8.00. The summed E-state index contributed by atoms with van der Waals surface area (Å²) in [5.74, 6) is 4.68. The van der Waals surface area contributed by atoms with Crippen molar-refractivity contribution in [3.05, 3.63) is 30.0 Å². The molecule has 1 aromatic carbocycles. The Bertz CT molecular complexity index is 834. The zero-order valence-corrected chi connectivity index (χ0v) is 14.9. The number of alkyl carbamates (subject to hydrolysis) is 1. The van der Waals surface area contributed by atoms with Gasteiger partial charge in [0.15, 0.2) is 0 Å². The highest BCUT2D eigenvalue weighted by molar-refractivity contribution is 5.91. The minimum Gasteiger partial charge on any atom is -0.444 e. The van der Waals surface area contributed by atoms with Gasteiger partial charge in [-0.3, -0.25) is 0 Å². The number of carbonyl (C=O) groups is 2. The molecule has 0 fully saturated rings. The second-order valence-electron chi connectivity index (χ2n) is 6.46. The fourth-order valence-corrected chi connectivity index (χ4v) is 2.28. The summed E-state index contributed by atoms with van der Waals surface area (Å²) >= 11 is 0. The average Bonchev–Trinajstić information content (AvgIpc) is 2.88. The van der Waals surface area contributed by atoms with Crippen LogP contribution < -0.4 is 10.1 Å². The zero-order chi connectivity index (χ0) is 18.4. The number of esters is 1. The van der Waals surface area contributed by atoms with Gasteiger partial charge >= 0.3 is 12.1 Å². The maximum Gasteiger partial charge on any atom is 0.407 e. The number of aromatic amines is 1. The monoisotopic (exact) mass is 342 g/mol. The highest BCUT2D eigenvalue weighted by Crippen LogP contribution is 2.24. The molecule has 132 valence electrons. The highest BCUT2D eigenvalue weighted by atomic mass is 16.6. The molecule has 0 unspecified atom stereocenters. The standard InChI is InChI=1S/C19H22N2O4/c1-5-6-17(22)24-14-7-8-16-15(11-14)13(12-21-16)9-10-20-18(23)25-19(2,3)4/h7-8,11-12,21H,9-10H2,1-4H3,(H,20,23). The molecule has 1 aromatic heterocycles. The van der Waals surface area contributed by atoms with Crippen molar-refractivity contribution in [2.45, 2.75) is 39.7 Å². The lowest BCUT2D eigenvalue weighted by Crippen LogP contribution is -2.33. The van der Waals surface area contributed by atoms with Gasteiger partial charge in [0.05, 0.1) is 0 Å². The topological polar surface area (TPSA) is 80.4 Å². The van der Waals surface area contributed by atoms with Gasteiger partial charge in [-0.1, -0.05) is 5.92 Å². The van der Waals surface area contributed by atoms with E-state index in [2.05, 4.69) is 22.1 Å². The smallest absolute Gasteiger partial charge is 0.407 e. The van der Waals surface area contributed by atoms with E-state index in [1.54, 1.807) is 19.1 Å². The Morgan fingerprint density at radius 1 is 1.28 bits per heavy atom. The predicted molar refractivity (Wildman–Crippen MR) is 95.3 cm³/mol. The number of hydrogen-bond acceptors (Lipinski definition) is 4. The molecule has 0 aliphatic carbocycles. The van der Waals surface area contributed by atoms with Gasteiger partial charge in [0.1, 0.15) is 11.4 Å². The zero-order valence-electron chi connectivity index (χ0n) is 14.9. The first kappa shape index (κ1) is 18.4. The molecular formula is C19H22N2O4. The van der Waals surface area contributed by atoms with Gasteiger partial charge < -0.3 is 19.8 Å². The Labute approximate surface area is 146 Å². The van der Waals surface area contributed by atoms with Crippen LogP contribution in [0.25, 0.3) is 10.9 Å². The van der Waals surface area contributed by atoms with Crippen LogP contribution in [0.5, 0.6) is 5.75 Å². The summed E-state index contributed by atoms with van der Waals surface area (Å²) in [6.45, 7) is 7.47. The van der Waals surface area contributed by atoms with Gasteiger partial charge in [-0.2, -0.15) is 0 Å². The molecule has 0 spiro atoms. The van der Waals surface area contributed by atoms with Crippen molar-refractivity contribution >= 4 is 23.0 Å². The third-order valence-electron chi connectivity index (χ3n) is 3.24. The van der Waals surface area contributed by atoms with Crippen LogP contribution in [0.4, 0.5) is 4.79 Å². The van der Waals surface area contributed by atoms with Gasteiger partial charge in [-0.15, -0.1) is 0 Å². The van der Waals surface area contributed by atoms with Crippen molar-refractivity contribution in [1.82, 2.24) is 10.3 Å². The highest BCUT2D eigenvalue weighted by Gasteiger charge is 2.15. The number of nitrogens with one attached hydrogen (secondary N) is 2. The van der Waals surface area contributed by atoms with Crippen molar-refractivity contribution < 1.29 is 19.1 Å². The average molecular weight is 342 g/mol. The molecule has 1 amide bonds. The number of hydrogen-bond donors (Lipinski definition) is 2. The van der Waals surface area contributed by atoms with Crippen LogP contribution in [0.1, 0.15) is 33.3 Å². The van der Waals surface area contributed by atoms with Gasteiger partial charge in [-0.25, -0.2) is 9.59 Å². The Morgan fingerprint density at radius 2 is 2.04 bits per heavy atom. The SMILES string of the molecule is CC#CC(=O)Oc1ccc2[nH]cc(CCNC(=O)OC(C)(C)C)c2c1. The van der Waals surface area contributed by atoms with Gasteiger partial charge in [0.25, 0.3) is 0 Å². The van der Waals surface area contributed by atoms with E-state index in [0.717, 1.165) is 16.5 Å². The number of H-pyrrole nitrogens is 1. The van der Waals surface area contributed by atoms with E-state index in [0.29, 0.717) is 18.7 Å². The molecule has 6 nitrogen and oxygen atoms in total. The number of ether oxygens (including phenoxy) is 2. The molecule has 2 aromatic rings. The van der Waals surface area contributed by atoms with Crippen LogP contribution in [-0.2, 0) is 16.0 Å². The molecular weight excluding hydrogens is 320 g/mol. The van der Waals surface area contributed by atoms with Crippen LogP contribution in [-0.4, -0.2) is 29.2 Å². The fraction of sp³-hybridized carbons (Fsp3) is 0.368. The molecule has 0 bridgehead atoms. The first-order chi connectivity index (χ1) is 11.8. The Morgan fingerprint density at radius 3 is 2.72 bits per heavy atom. The van der Waals surface area contributed by atoms with Crippen molar-refractivity contribution in [3.8, 4) is 17.6 Å². The quantitative estimate of drug-likeness (QED) is 0.387. The number of amides is 1. The number of aromatic nitrogens is 1. The van der Waals surface area contributed by atoms with E-state index in [1.165, 1.54) is 0 Å². The lowest BCUT2D eigenvalue weighted by Gasteiger charge is -2.19. The molecule has 0 saturated heterocycles. The van der Waals surface area contributed by atoms with Crippen LogP contribution in [0.3, 0.4) is 0 Å². The summed E-state index contributed by atoms with van der Waals surface area (Å²) in [6.07, 6.45) is 2.05. The summed E-state index contributed by atoms with van der Waals surface area (Å²) < 4.78 is 10.4. The molecule has 1 heterocycles. The molecule has 25 heavy (non-hydrogen) atoms. The second-order valence-corrected chi connectivity index (χ2v) is 6.46. The van der Waals surface area contributed by atoms with E-state index in [1.807, 2.05) is 33.0 Å². The number of fused-ring (bicyclic) bond motifs is 1. The summed E-state index contributed by atoms with van der Waals surface area (Å²) in [5.41, 5.74) is 1.41. The van der Waals surface area contributed by atoms with E-state index in [4.69, 9.17) is 9.47 Å². The maximum absolute atomic E-state index is 11.7. The maximum atomic E-state index is 11.7. The second kappa shape index (κ2) is 7.75. The normalized spacial score (nSPS) is 10.7. The molecule has 0 atom stereocenters. The van der Waals surface area contributed by atoms with Crippen molar-refractivity contribution in [2.24, 2.45) is 0 Å². The summed E-state index contributed by atoms with van der Waals surface area (Å²) in [7, 11) is 0. The largest absolute Gasteiger partial charge is 0.444 e. The fourth-order valence-electron chi connectivity index (χ4n) is 2.28. The van der Waals surface area contributed by atoms with E-state index >= 15 is 0 Å². The molecule has 0 radical (unpaired) electrons. The molecule has 0 aliphatic rings. The van der Waals surface area contributed by atoms with Crippen molar-refractivity contribution in [2.75, 3.05) is 6.54 Å². The lowest BCUT2D eigenvalue weighted by molar-refractivity contribution is -0.128. The Balaban J connectivity index is 2.02. The van der Waals surface area contributed by atoms with Gasteiger partial charge in [0.2, 0.25) is 0 Å². The third-order valence-corrected chi connectivity index (χ3v) is 3.24. The van der Waals surface area contributed by atoms with Crippen LogP contribution >= 0.6 is 0 Å². The molecule has 0 aliphatic heterocycles. The Hall–Kier alpha value is -2.94. The van der Waals surface area contributed by atoms with Crippen molar-refractivity contribution in [3.63, 3.8) is 0 Å². The van der Waals surface area contributed by atoms with Gasteiger partial charge in [0, 0.05) is 29.6 Å². The number of carbonyl (C=O) groups excluding carboxylic acids is 2. The predicted octanol–water partition coefficient (Wildman–Crippen LogP) is 3.16. The lowest BCUT2D eigenvalue weighted by atomic mass is 10.1. The van der Waals surface area contributed by atoms with Gasteiger partial charge in [-0.05, 0) is 57.9 Å². The van der Waals surface area contributed by atoms with Crippen LogP contribution in [0, 0.1) is 11.8 Å². The minimum atomic E-state index is -0.592. The first-order valence-corrected chi connectivity index (χ1v) is 8.00. The summed E-state index contributed by atoms with van der Waals surface area (Å²) in [6, 6.07) is 5.32. The Kier molecular flexibility index (Phi) is 5.71. The summed E-state index contributed by atoms with van der Waals surface area (Å²) in [4.78, 5) is 26.3. The molecule has 0 saturated carbocycles. The molecule has 2 N–H and O–H groups in total. The van der Waals surface area contributed by atoms with E-state index in [-0.39, 0.29) is 0 Å². The third kappa shape index (κ3) is 5.57. The summed E-state index contributed by atoms with van der Waals surface area (Å²) in [5, 5.41) is 3.66. The van der Waals surface area contributed by atoms with Crippen LogP contribution in [0.15, 0.2) is 24.4 Å². The number of benzene rings is 1. The minimum absolute atomic E-state index is 0.432. The van der Waals surface area contributed by atoms with Crippen molar-refractivity contribution in [1.29, 1.82) is 0 Å². The molecule has 2 rings (SSSR count). The van der Waals surface area contributed by atoms with E-state index in [9.17, 15) is 9.59 Å². The van der Waals surface area contributed by atoms with E-state index < -0.39 is 17.7 Å². The number of rotatable bonds is 4. The molecule has 6 heteroatoms.